The zero-order valence-electron chi connectivity index (χ0n) is 23.0. The molecule has 39 heavy (non-hydrogen) atoms. The Balaban J connectivity index is 1.15. The van der Waals surface area contributed by atoms with Gasteiger partial charge in [0.05, 0.1) is 6.54 Å². The monoisotopic (exact) mass is 540 g/mol. The summed E-state index contributed by atoms with van der Waals surface area (Å²) in [5.74, 6) is 0.601. The average molecular weight is 541 g/mol. The fourth-order valence-electron chi connectivity index (χ4n) is 4.44. The van der Waals surface area contributed by atoms with Crippen molar-refractivity contribution in [3.8, 4) is 0 Å². The maximum atomic E-state index is 12.1. The highest BCUT2D eigenvalue weighted by Gasteiger charge is 2.14. The van der Waals surface area contributed by atoms with E-state index in [0.717, 1.165) is 56.3 Å². The number of hydrogen-bond donors (Lipinski definition) is 3. The average Bonchev–Trinajstić information content (AvgIpc) is 3.27. The van der Waals surface area contributed by atoms with Gasteiger partial charge in [0, 0.05) is 27.1 Å². The summed E-state index contributed by atoms with van der Waals surface area (Å²) >= 11 is 0. The molecule has 3 rings (SSSR count). The third-order valence-electron chi connectivity index (χ3n) is 6.73. The molecule has 2 heterocycles. The molecule has 3 N–H and O–H groups in total. The van der Waals surface area contributed by atoms with Crippen LogP contribution in [0.15, 0.2) is 39.9 Å². The molecule has 3 aromatic rings. The molecule has 11 nitrogen and oxygen atoms in total. The van der Waals surface area contributed by atoms with Crippen LogP contribution < -0.4 is 21.9 Å². The first-order valence-electron chi connectivity index (χ1n) is 13.7. The van der Waals surface area contributed by atoms with Crippen LogP contribution in [0, 0.1) is 0 Å². The zero-order valence-corrected chi connectivity index (χ0v) is 23.0. The molecule has 11 heteroatoms. The van der Waals surface area contributed by atoms with Gasteiger partial charge in [0.25, 0.3) is 5.56 Å². The van der Waals surface area contributed by atoms with Crippen LogP contribution in [-0.4, -0.2) is 44.2 Å². The van der Waals surface area contributed by atoms with Crippen LogP contribution in [-0.2, 0) is 36.7 Å². The molecule has 0 saturated heterocycles. The summed E-state index contributed by atoms with van der Waals surface area (Å²) < 4.78 is 8.24. The molecule has 2 amide bonds. The molecule has 2 aromatic heterocycles. The minimum atomic E-state index is -0.607. The number of unbranched alkanes of at least 4 members (excludes halogenated alkanes) is 8. The van der Waals surface area contributed by atoms with E-state index in [0.29, 0.717) is 17.7 Å². The van der Waals surface area contributed by atoms with E-state index in [4.69, 9.17) is 4.74 Å². The number of hydrogen-bond acceptors (Lipinski definition) is 6. The first-order chi connectivity index (χ1) is 18.9. The van der Waals surface area contributed by atoms with E-state index in [1.165, 1.54) is 23.8 Å². The number of imidazole rings is 1. The SMILES string of the molecule is Cn1c(CCCCCCCCCCCNC(=O)CNC(=O)OCc2ccccc2)nc2c1c(=O)[nH]c(=O)n2C. The molecular formula is C28H40N6O5. The van der Waals surface area contributed by atoms with Gasteiger partial charge in [0.1, 0.15) is 12.4 Å². The van der Waals surface area contributed by atoms with Crippen molar-refractivity contribution in [3.63, 3.8) is 0 Å². The third kappa shape index (κ3) is 9.42. The number of ether oxygens (including phenoxy) is 1. The van der Waals surface area contributed by atoms with Crippen molar-refractivity contribution < 1.29 is 14.3 Å². The molecule has 0 fully saturated rings. The molecule has 0 saturated carbocycles. The van der Waals surface area contributed by atoms with E-state index in [9.17, 15) is 19.2 Å². The Morgan fingerprint density at radius 1 is 0.872 bits per heavy atom. The first-order valence-corrected chi connectivity index (χ1v) is 13.7. The largest absolute Gasteiger partial charge is 0.445 e. The van der Waals surface area contributed by atoms with Crippen molar-refractivity contribution in [2.24, 2.45) is 14.1 Å². The minimum absolute atomic E-state index is 0.0951. The van der Waals surface area contributed by atoms with Gasteiger partial charge >= 0.3 is 11.8 Å². The van der Waals surface area contributed by atoms with Crippen molar-refractivity contribution in [3.05, 3.63) is 62.6 Å². The lowest BCUT2D eigenvalue weighted by molar-refractivity contribution is -0.120. The number of aromatic amines is 1. The molecule has 212 valence electrons. The Labute approximate surface area is 228 Å². The Kier molecular flexibility index (Phi) is 11.8. The lowest BCUT2D eigenvalue weighted by Crippen LogP contribution is -2.37. The van der Waals surface area contributed by atoms with Crippen molar-refractivity contribution in [1.82, 2.24) is 29.7 Å². The second kappa shape index (κ2) is 15.5. The molecule has 0 aliphatic heterocycles. The van der Waals surface area contributed by atoms with Crippen LogP contribution in [0.1, 0.15) is 69.2 Å². The molecular weight excluding hydrogens is 500 g/mol. The number of aryl methyl sites for hydroxylation is 3. The fourth-order valence-corrected chi connectivity index (χ4v) is 4.44. The number of carbonyl (C=O) groups excluding carboxylic acids is 2. The van der Waals surface area contributed by atoms with Crippen LogP contribution in [0.4, 0.5) is 4.79 Å². The normalized spacial score (nSPS) is 11.0. The van der Waals surface area contributed by atoms with Gasteiger partial charge in [-0.05, 0) is 18.4 Å². The van der Waals surface area contributed by atoms with E-state index in [1.54, 1.807) is 11.6 Å². The van der Waals surface area contributed by atoms with Crippen molar-refractivity contribution >= 4 is 23.2 Å². The molecule has 0 aliphatic carbocycles. The number of nitrogens with one attached hydrogen (secondary N) is 3. The second-order valence-corrected chi connectivity index (χ2v) is 9.77. The number of nitrogens with zero attached hydrogens (tertiary/aromatic N) is 3. The summed E-state index contributed by atoms with van der Waals surface area (Å²) in [6, 6.07) is 9.37. The van der Waals surface area contributed by atoms with Crippen molar-refractivity contribution in [2.45, 2.75) is 70.8 Å². The van der Waals surface area contributed by atoms with Crippen LogP contribution in [0.3, 0.4) is 0 Å². The molecule has 0 bridgehead atoms. The number of H-pyrrole nitrogens is 1. The van der Waals surface area contributed by atoms with Crippen molar-refractivity contribution in [1.29, 1.82) is 0 Å². The summed E-state index contributed by atoms with van der Waals surface area (Å²) in [7, 11) is 3.43. The summed E-state index contributed by atoms with van der Waals surface area (Å²) in [6.45, 7) is 0.675. The van der Waals surface area contributed by atoms with E-state index >= 15 is 0 Å². The summed E-state index contributed by atoms with van der Waals surface area (Å²) in [6.07, 6.45) is 10.0. The lowest BCUT2D eigenvalue weighted by atomic mass is 10.1. The van der Waals surface area contributed by atoms with Crippen LogP contribution >= 0.6 is 0 Å². The van der Waals surface area contributed by atoms with E-state index < -0.39 is 17.3 Å². The molecule has 0 unspecified atom stereocenters. The number of carbonyl (C=O) groups is 2. The van der Waals surface area contributed by atoms with Crippen LogP contribution in [0.5, 0.6) is 0 Å². The smallest absolute Gasteiger partial charge is 0.407 e. The number of aromatic nitrogens is 4. The van der Waals surface area contributed by atoms with Crippen molar-refractivity contribution in [2.75, 3.05) is 13.1 Å². The highest BCUT2D eigenvalue weighted by Crippen LogP contribution is 2.14. The van der Waals surface area contributed by atoms with E-state index in [2.05, 4.69) is 20.6 Å². The lowest BCUT2D eigenvalue weighted by Gasteiger charge is -2.08. The van der Waals surface area contributed by atoms with Gasteiger partial charge in [-0.3, -0.25) is 19.1 Å². The molecule has 1 aromatic carbocycles. The Bertz CT molecular complexity index is 1330. The van der Waals surface area contributed by atoms with Crippen LogP contribution in [0.2, 0.25) is 0 Å². The van der Waals surface area contributed by atoms with Gasteiger partial charge in [0.15, 0.2) is 11.2 Å². The number of amides is 2. The maximum absolute atomic E-state index is 12.1. The highest BCUT2D eigenvalue weighted by molar-refractivity contribution is 5.82. The third-order valence-corrected chi connectivity index (χ3v) is 6.73. The zero-order chi connectivity index (χ0) is 28.0. The quantitative estimate of drug-likeness (QED) is 0.239. The van der Waals surface area contributed by atoms with E-state index in [-0.39, 0.29) is 19.1 Å². The van der Waals surface area contributed by atoms with Gasteiger partial charge in [-0.1, -0.05) is 75.3 Å². The summed E-state index contributed by atoms with van der Waals surface area (Å²) in [5.41, 5.74) is 0.903. The number of alkyl carbamates (subject to hydrolysis) is 1. The van der Waals surface area contributed by atoms with Gasteiger partial charge < -0.3 is 19.9 Å². The predicted molar refractivity (Wildman–Crippen MR) is 149 cm³/mol. The second-order valence-electron chi connectivity index (χ2n) is 9.77. The van der Waals surface area contributed by atoms with Gasteiger partial charge in [-0.15, -0.1) is 0 Å². The minimum Gasteiger partial charge on any atom is -0.445 e. The molecule has 0 atom stereocenters. The number of rotatable bonds is 16. The van der Waals surface area contributed by atoms with E-state index in [1.807, 2.05) is 37.4 Å². The summed E-state index contributed by atoms with van der Waals surface area (Å²) in [4.78, 5) is 54.3. The predicted octanol–water partition coefficient (Wildman–Crippen LogP) is 3.06. The summed E-state index contributed by atoms with van der Waals surface area (Å²) in [5, 5.41) is 5.28. The maximum Gasteiger partial charge on any atom is 0.407 e. The van der Waals surface area contributed by atoms with Crippen LogP contribution in [0.25, 0.3) is 11.2 Å². The Morgan fingerprint density at radius 2 is 1.51 bits per heavy atom. The topological polar surface area (TPSA) is 140 Å². The fraction of sp³-hybridized carbons (Fsp3) is 0.536. The van der Waals surface area contributed by atoms with Gasteiger partial charge in [0.2, 0.25) is 5.91 Å². The van der Waals surface area contributed by atoms with Gasteiger partial charge in [-0.2, -0.15) is 0 Å². The molecule has 0 spiro atoms. The standard InChI is InChI=1S/C28H40N6O5/c1-33-22(31-25-24(33)26(36)32-27(37)34(25)2)17-13-8-6-4-3-5-7-9-14-18-29-23(35)19-30-28(38)39-20-21-15-11-10-12-16-21/h10-12,15-16H,3-9,13-14,17-20H2,1-2H3,(H,29,35)(H,30,38)(H,32,36,37). The Morgan fingerprint density at radius 3 is 2.21 bits per heavy atom. The molecule has 0 radical (unpaired) electrons. The molecule has 0 aliphatic rings. The highest BCUT2D eigenvalue weighted by atomic mass is 16.5. The Hall–Kier alpha value is -3.89. The van der Waals surface area contributed by atoms with Gasteiger partial charge in [-0.25, -0.2) is 14.6 Å². The number of fused-ring (bicyclic) bond motifs is 1. The first kappa shape index (κ1) is 29.7. The number of benzene rings is 1.